The van der Waals surface area contributed by atoms with Crippen LogP contribution < -0.4 is 16.4 Å². The molecule has 0 radical (unpaired) electrons. The SMILES string of the molecule is CCOC(=O)C1Cc2cc(N)c(NC(=O)[C@@H](C)NC(=O)OC(C)(C)C)c(F)c2C1. The zero-order valence-corrected chi connectivity index (χ0v) is 17.3. The highest BCUT2D eigenvalue weighted by molar-refractivity contribution is 5.99. The first-order chi connectivity index (χ1) is 13.4. The van der Waals surface area contributed by atoms with Crippen LogP contribution in [-0.4, -0.2) is 36.2 Å². The lowest BCUT2D eigenvalue weighted by atomic mass is 10.1. The Kier molecular flexibility index (Phi) is 6.71. The number of rotatable bonds is 5. The molecule has 1 aliphatic rings. The van der Waals surface area contributed by atoms with Crippen LogP contribution in [0.3, 0.4) is 0 Å². The maximum Gasteiger partial charge on any atom is 0.408 e. The number of alkyl carbamates (subject to hydrolysis) is 1. The van der Waals surface area contributed by atoms with Crippen molar-refractivity contribution in [2.24, 2.45) is 5.92 Å². The lowest BCUT2D eigenvalue weighted by Crippen LogP contribution is -2.44. The number of nitrogens with one attached hydrogen (secondary N) is 2. The number of esters is 1. The van der Waals surface area contributed by atoms with Crippen molar-refractivity contribution in [3.63, 3.8) is 0 Å². The predicted octanol–water partition coefficient (Wildman–Crippen LogP) is 2.54. The number of carbonyl (C=O) groups excluding carboxylic acids is 3. The van der Waals surface area contributed by atoms with E-state index in [9.17, 15) is 14.4 Å². The number of amides is 2. The van der Waals surface area contributed by atoms with Crippen LogP contribution in [-0.2, 0) is 31.9 Å². The van der Waals surface area contributed by atoms with Crippen molar-refractivity contribution in [2.75, 3.05) is 17.7 Å². The van der Waals surface area contributed by atoms with Crippen molar-refractivity contribution < 1.29 is 28.2 Å². The first kappa shape index (κ1) is 22.4. The third-order valence-corrected chi connectivity index (χ3v) is 4.40. The summed E-state index contributed by atoms with van der Waals surface area (Å²) in [6, 6.07) is 0.573. The number of nitrogen functional groups attached to an aromatic ring is 1. The van der Waals surface area contributed by atoms with E-state index in [1.54, 1.807) is 33.8 Å². The highest BCUT2D eigenvalue weighted by Gasteiger charge is 2.33. The summed E-state index contributed by atoms with van der Waals surface area (Å²) >= 11 is 0. The third-order valence-electron chi connectivity index (χ3n) is 4.40. The zero-order valence-electron chi connectivity index (χ0n) is 17.3. The van der Waals surface area contributed by atoms with Crippen LogP contribution in [0, 0.1) is 11.7 Å². The van der Waals surface area contributed by atoms with Gasteiger partial charge < -0.3 is 25.8 Å². The fourth-order valence-corrected chi connectivity index (χ4v) is 3.09. The van der Waals surface area contributed by atoms with Crippen molar-refractivity contribution in [1.82, 2.24) is 5.32 Å². The van der Waals surface area contributed by atoms with Gasteiger partial charge in [0.15, 0.2) is 5.82 Å². The van der Waals surface area contributed by atoms with Gasteiger partial charge in [0.25, 0.3) is 0 Å². The molecule has 0 saturated heterocycles. The minimum absolute atomic E-state index is 0.0450. The van der Waals surface area contributed by atoms with E-state index in [-0.39, 0.29) is 30.4 Å². The highest BCUT2D eigenvalue weighted by atomic mass is 19.1. The smallest absolute Gasteiger partial charge is 0.408 e. The first-order valence-corrected chi connectivity index (χ1v) is 9.49. The summed E-state index contributed by atoms with van der Waals surface area (Å²) in [6.45, 7) is 8.49. The number of nitrogens with two attached hydrogens (primary N) is 1. The summed E-state index contributed by atoms with van der Waals surface area (Å²) in [7, 11) is 0. The second-order valence-corrected chi connectivity index (χ2v) is 8.01. The first-order valence-electron chi connectivity index (χ1n) is 9.49. The van der Waals surface area contributed by atoms with Crippen LogP contribution in [0.4, 0.5) is 20.6 Å². The Balaban J connectivity index is 2.11. The average Bonchev–Trinajstić information content (AvgIpc) is 3.01. The van der Waals surface area contributed by atoms with E-state index in [2.05, 4.69) is 10.6 Å². The van der Waals surface area contributed by atoms with Gasteiger partial charge in [0.2, 0.25) is 5.91 Å². The Morgan fingerprint density at radius 2 is 1.97 bits per heavy atom. The molecule has 1 aromatic carbocycles. The van der Waals surface area contributed by atoms with Crippen LogP contribution in [0.1, 0.15) is 45.7 Å². The molecule has 1 aromatic rings. The fourth-order valence-electron chi connectivity index (χ4n) is 3.09. The molecule has 2 rings (SSSR count). The van der Waals surface area contributed by atoms with Crippen molar-refractivity contribution in [3.05, 3.63) is 23.0 Å². The highest BCUT2D eigenvalue weighted by Crippen LogP contribution is 2.36. The summed E-state index contributed by atoms with van der Waals surface area (Å²) in [5.74, 6) is -2.19. The standard InChI is InChI=1S/C20H28FN3O5/c1-6-28-18(26)12-7-11-9-14(22)16(15(21)13(11)8-12)24-17(25)10(2)23-19(27)29-20(3,4)5/h9-10,12H,6-8,22H2,1-5H3,(H,23,27)(H,24,25)/t10-,12?/m1/s1. The molecule has 1 unspecified atom stereocenters. The van der Waals surface area contributed by atoms with Crippen LogP contribution in [0.25, 0.3) is 0 Å². The molecule has 0 spiro atoms. The molecule has 2 atom stereocenters. The molecule has 0 bridgehead atoms. The Hall–Kier alpha value is -2.84. The number of carbonyl (C=O) groups is 3. The Morgan fingerprint density at radius 3 is 2.55 bits per heavy atom. The van der Waals surface area contributed by atoms with Gasteiger partial charge in [-0.25, -0.2) is 9.18 Å². The van der Waals surface area contributed by atoms with Crippen molar-refractivity contribution in [3.8, 4) is 0 Å². The van der Waals surface area contributed by atoms with Gasteiger partial charge in [-0.3, -0.25) is 9.59 Å². The van der Waals surface area contributed by atoms with Gasteiger partial charge in [0.1, 0.15) is 17.3 Å². The van der Waals surface area contributed by atoms with Gasteiger partial charge in [-0.1, -0.05) is 0 Å². The summed E-state index contributed by atoms with van der Waals surface area (Å²) in [5, 5.41) is 4.81. The number of anilines is 2. The Labute approximate surface area is 169 Å². The number of benzene rings is 1. The largest absolute Gasteiger partial charge is 0.466 e. The summed E-state index contributed by atoms with van der Waals surface area (Å²) < 4.78 is 25.1. The molecule has 0 saturated carbocycles. The van der Waals surface area contributed by atoms with Crippen molar-refractivity contribution in [2.45, 2.75) is 59.1 Å². The molecule has 160 valence electrons. The number of hydrogen-bond donors (Lipinski definition) is 3. The van der Waals surface area contributed by atoms with E-state index < -0.39 is 35.4 Å². The molecule has 2 amide bonds. The molecule has 0 aliphatic heterocycles. The topological polar surface area (TPSA) is 120 Å². The second-order valence-electron chi connectivity index (χ2n) is 8.01. The van der Waals surface area contributed by atoms with Gasteiger partial charge in [0, 0.05) is 0 Å². The van der Waals surface area contributed by atoms with E-state index in [0.29, 0.717) is 17.5 Å². The predicted molar refractivity (Wildman–Crippen MR) is 106 cm³/mol. The van der Waals surface area contributed by atoms with E-state index in [1.807, 2.05) is 0 Å². The van der Waals surface area contributed by atoms with Gasteiger partial charge in [0.05, 0.1) is 18.2 Å². The minimum atomic E-state index is -0.982. The van der Waals surface area contributed by atoms with E-state index in [4.69, 9.17) is 15.2 Å². The van der Waals surface area contributed by atoms with Gasteiger partial charge in [-0.2, -0.15) is 0 Å². The summed E-state index contributed by atoms with van der Waals surface area (Å²) in [6.07, 6.45) is -0.255. The third kappa shape index (κ3) is 5.58. The maximum atomic E-state index is 15.0. The number of halogens is 1. The fraction of sp³-hybridized carbons (Fsp3) is 0.550. The lowest BCUT2D eigenvalue weighted by molar-refractivity contribution is -0.147. The monoisotopic (exact) mass is 409 g/mol. The van der Waals surface area contributed by atoms with E-state index in [1.165, 1.54) is 6.92 Å². The van der Waals surface area contributed by atoms with Crippen LogP contribution >= 0.6 is 0 Å². The molecular formula is C20H28FN3O5. The van der Waals surface area contributed by atoms with E-state index >= 15 is 4.39 Å². The number of ether oxygens (including phenoxy) is 2. The molecule has 0 heterocycles. The van der Waals surface area contributed by atoms with Crippen molar-refractivity contribution in [1.29, 1.82) is 0 Å². The molecule has 1 aliphatic carbocycles. The lowest BCUT2D eigenvalue weighted by Gasteiger charge is -2.22. The second kappa shape index (κ2) is 8.67. The normalized spacial score (nSPS) is 16.6. The summed E-state index contributed by atoms with van der Waals surface area (Å²) in [5.41, 5.74) is 6.04. The quantitative estimate of drug-likeness (QED) is 0.508. The maximum absolute atomic E-state index is 15.0. The Morgan fingerprint density at radius 1 is 1.31 bits per heavy atom. The minimum Gasteiger partial charge on any atom is -0.466 e. The van der Waals surface area contributed by atoms with Crippen LogP contribution in [0.2, 0.25) is 0 Å². The number of fused-ring (bicyclic) bond motifs is 1. The number of hydrogen-bond acceptors (Lipinski definition) is 6. The van der Waals surface area contributed by atoms with E-state index in [0.717, 1.165) is 0 Å². The molecular weight excluding hydrogens is 381 g/mol. The zero-order chi connectivity index (χ0) is 21.9. The van der Waals surface area contributed by atoms with Crippen LogP contribution in [0.15, 0.2) is 6.07 Å². The van der Waals surface area contributed by atoms with Crippen molar-refractivity contribution >= 4 is 29.3 Å². The Bertz CT molecular complexity index is 819. The van der Waals surface area contributed by atoms with Gasteiger partial charge >= 0.3 is 12.1 Å². The molecule has 4 N–H and O–H groups in total. The molecule has 0 fully saturated rings. The van der Waals surface area contributed by atoms with Gasteiger partial charge in [-0.15, -0.1) is 0 Å². The van der Waals surface area contributed by atoms with Crippen LogP contribution in [0.5, 0.6) is 0 Å². The molecule has 0 aromatic heterocycles. The van der Waals surface area contributed by atoms with Gasteiger partial charge in [-0.05, 0) is 64.7 Å². The average molecular weight is 409 g/mol. The molecule has 29 heavy (non-hydrogen) atoms. The molecule has 8 nitrogen and oxygen atoms in total. The molecule has 9 heteroatoms. The summed E-state index contributed by atoms with van der Waals surface area (Å²) in [4.78, 5) is 36.2.